The zero-order valence-corrected chi connectivity index (χ0v) is 14.7. The predicted molar refractivity (Wildman–Crippen MR) is 94.2 cm³/mol. The van der Waals surface area contributed by atoms with Gasteiger partial charge in [-0.05, 0) is 43.9 Å². The molecule has 1 aromatic rings. The second-order valence-electron chi connectivity index (χ2n) is 6.79. The number of fused-ring (bicyclic) bond motifs is 1. The van der Waals surface area contributed by atoms with Crippen molar-refractivity contribution in [2.45, 2.75) is 57.1 Å². The largest absolute Gasteiger partial charge is 0.494 e. The maximum absolute atomic E-state index is 12.6. The van der Waals surface area contributed by atoms with E-state index in [-0.39, 0.29) is 12.0 Å². The van der Waals surface area contributed by atoms with E-state index in [0.29, 0.717) is 37.0 Å². The first-order valence-electron chi connectivity index (χ1n) is 9.32. The highest BCUT2D eigenvalue weighted by Crippen LogP contribution is 2.29. The van der Waals surface area contributed by atoms with Gasteiger partial charge in [-0.15, -0.1) is 0 Å². The monoisotopic (exact) mass is 342 g/mol. The fraction of sp³-hybridized carbons (Fsp3) is 0.600. The molecule has 1 aliphatic carbocycles. The van der Waals surface area contributed by atoms with Gasteiger partial charge in [-0.2, -0.15) is 5.26 Å². The van der Waals surface area contributed by atoms with Gasteiger partial charge in [0.1, 0.15) is 5.75 Å². The second-order valence-corrected chi connectivity index (χ2v) is 6.79. The van der Waals surface area contributed by atoms with Gasteiger partial charge in [0, 0.05) is 13.0 Å². The maximum atomic E-state index is 12.6. The Bertz CT molecular complexity index is 624. The molecule has 25 heavy (non-hydrogen) atoms. The average Bonchev–Trinajstić information content (AvgIpc) is 2.67. The number of ether oxygens (including phenoxy) is 2. The van der Waals surface area contributed by atoms with Gasteiger partial charge in [0.15, 0.2) is 0 Å². The molecule has 2 atom stereocenters. The van der Waals surface area contributed by atoms with E-state index in [9.17, 15) is 4.79 Å². The number of rotatable bonds is 6. The minimum Gasteiger partial charge on any atom is -0.494 e. The summed E-state index contributed by atoms with van der Waals surface area (Å²) in [5.74, 6) is 0.968. The summed E-state index contributed by atoms with van der Waals surface area (Å²) < 4.78 is 11.5. The van der Waals surface area contributed by atoms with Crippen molar-refractivity contribution in [1.82, 2.24) is 4.90 Å². The van der Waals surface area contributed by atoms with Crippen molar-refractivity contribution in [2.75, 3.05) is 19.8 Å². The van der Waals surface area contributed by atoms with Crippen LogP contribution in [0.2, 0.25) is 0 Å². The third-order valence-electron chi connectivity index (χ3n) is 5.07. The van der Waals surface area contributed by atoms with Gasteiger partial charge < -0.3 is 14.4 Å². The molecule has 2 fully saturated rings. The molecular formula is C20H26N2O3. The molecule has 134 valence electrons. The van der Waals surface area contributed by atoms with Gasteiger partial charge in [-0.1, -0.05) is 18.9 Å². The highest BCUT2D eigenvalue weighted by molar-refractivity contribution is 5.76. The zero-order chi connectivity index (χ0) is 17.5. The average molecular weight is 342 g/mol. The highest BCUT2D eigenvalue weighted by atomic mass is 16.5. The Labute approximate surface area is 149 Å². The molecule has 1 saturated carbocycles. The summed E-state index contributed by atoms with van der Waals surface area (Å²) in [5, 5.41) is 8.88. The lowest BCUT2D eigenvalue weighted by molar-refractivity contribution is -0.149. The van der Waals surface area contributed by atoms with E-state index in [4.69, 9.17) is 14.7 Å². The topological polar surface area (TPSA) is 62.6 Å². The quantitative estimate of drug-likeness (QED) is 0.744. The van der Waals surface area contributed by atoms with Gasteiger partial charge in [0.25, 0.3) is 0 Å². The lowest BCUT2D eigenvalue weighted by atomic mass is 9.90. The Hall–Kier alpha value is -2.06. The van der Waals surface area contributed by atoms with Crippen molar-refractivity contribution in [1.29, 1.82) is 5.26 Å². The molecule has 5 heteroatoms. The summed E-state index contributed by atoms with van der Waals surface area (Å²) in [6.45, 7) is 1.97. The fourth-order valence-electron chi connectivity index (χ4n) is 3.77. The number of amides is 1. The minimum absolute atomic E-state index is 0.252. The van der Waals surface area contributed by atoms with Gasteiger partial charge in [0.2, 0.25) is 5.91 Å². The number of unbranched alkanes of at least 4 members (excludes halogenated alkanes) is 1. The molecule has 0 aromatic heterocycles. The number of carbonyl (C=O) groups excluding carboxylic acids is 1. The molecule has 3 rings (SSSR count). The number of hydrogen-bond donors (Lipinski definition) is 0. The molecule has 2 aliphatic rings. The maximum Gasteiger partial charge on any atom is 0.222 e. The van der Waals surface area contributed by atoms with E-state index in [1.54, 1.807) is 12.1 Å². The van der Waals surface area contributed by atoms with Gasteiger partial charge >= 0.3 is 0 Å². The van der Waals surface area contributed by atoms with Crippen LogP contribution in [-0.2, 0) is 9.53 Å². The highest BCUT2D eigenvalue weighted by Gasteiger charge is 2.36. The summed E-state index contributed by atoms with van der Waals surface area (Å²) >= 11 is 0. The Morgan fingerprint density at radius 3 is 3.08 bits per heavy atom. The molecule has 0 unspecified atom stereocenters. The molecule has 0 N–H and O–H groups in total. The summed E-state index contributed by atoms with van der Waals surface area (Å²) in [7, 11) is 0. The molecule has 5 nitrogen and oxygen atoms in total. The lowest BCUT2D eigenvalue weighted by Gasteiger charge is -2.43. The summed E-state index contributed by atoms with van der Waals surface area (Å²) in [6.07, 6.45) is 7.07. The SMILES string of the molecule is N#Cc1cccc(OCCCCC(=O)N2CCO[C@H]3CCCC[C@@H]32)c1. The van der Waals surface area contributed by atoms with Crippen molar-refractivity contribution in [3.63, 3.8) is 0 Å². The molecule has 1 saturated heterocycles. The number of nitriles is 1. The Morgan fingerprint density at radius 2 is 2.20 bits per heavy atom. The number of hydrogen-bond acceptors (Lipinski definition) is 4. The molecule has 1 amide bonds. The van der Waals surface area contributed by atoms with E-state index in [0.717, 1.165) is 32.2 Å². The second kappa shape index (κ2) is 8.87. The minimum atomic E-state index is 0.252. The molecule has 1 aliphatic heterocycles. The Kier molecular flexibility index (Phi) is 6.30. The lowest BCUT2D eigenvalue weighted by Crippen LogP contribution is -2.54. The van der Waals surface area contributed by atoms with Gasteiger partial charge in [-0.25, -0.2) is 0 Å². The van der Waals surface area contributed by atoms with Gasteiger partial charge in [-0.3, -0.25) is 4.79 Å². The normalized spacial score (nSPS) is 22.8. The fourth-order valence-corrected chi connectivity index (χ4v) is 3.77. The molecule has 1 heterocycles. The number of morpholine rings is 1. The Morgan fingerprint density at radius 1 is 1.32 bits per heavy atom. The van der Waals surface area contributed by atoms with Gasteiger partial charge in [0.05, 0.1) is 37.0 Å². The van der Waals surface area contributed by atoms with Crippen LogP contribution in [-0.4, -0.2) is 42.7 Å². The van der Waals surface area contributed by atoms with Crippen LogP contribution in [0.3, 0.4) is 0 Å². The number of benzene rings is 1. The first-order chi connectivity index (χ1) is 12.3. The van der Waals surface area contributed by atoms with Crippen molar-refractivity contribution >= 4 is 5.91 Å². The van der Waals surface area contributed by atoms with Crippen molar-refractivity contribution in [3.05, 3.63) is 29.8 Å². The van der Waals surface area contributed by atoms with E-state index in [2.05, 4.69) is 11.0 Å². The molecular weight excluding hydrogens is 316 g/mol. The van der Waals surface area contributed by atoms with Crippen LogP contribution < -0.4 is 4.74 Å². The summed E-state index contributed by atoms with van der Waals surface area (Å²) in [5.41, 5.74) is 0.599. The molecule has 0 bridgehead atoms. The first-order valence-corrected chi connectivity index (χ1v) is 9.32. The number of carbonyl (C=O) groups is 1. The summed E-state index contributed by atoms with van der Waals surface area (Å²) in [4.78, 5) is 14.6. The standard InChI is InChI=1S/C20H26N2O3/c21-15-16-6-5-7-17(14-16)24-12-4-3-10-20(23)22-11-13-25-19-9-2-1-8-18(19)22/h5-7,14,18-19H,1-4,8-13H2/t18-,19-/m0/s1. The van der Waals surface area contributed by atoms with Crippen molar-refractivity contribution < 1.29 is 14.3 Å². The van der Waals surface area contributed by atoms with E-state index in [1.165, 1.54) is 12.8 Å². The number of nitrogens with zero attached hydrogens (tertiary/aromatic N) is 2. The van der Waals surface area contributed by atoms with Crippen LogP contribution in [0, 0.1) is 11.3 Å². The first kappa shape index (κ1) is 17.8. The van der Waals surface area contributed by atoms with Crippen molar-refractivity contribution in [2.24, 2.45) is 0 Å². The van der Waals surface area contributed by atoms with Crippen LogP contribution in [0.4, 0.5) is 0 Å². The molecule has 0 radical (unpaired) electrons. The predicted octanol–water partition coefficient (Wildman–Crippen LogP) is 3.28. The van der Waals surface area contributed by atoms with E-state index < -0.39 is 0 Å². The smallest absolute Gasteiger partial charge is 0.222 e. The molecule has 1 aromatic carbocycles. The third-order valence-corrected chi connectivity index (χ3v) is 5.07. The van der Waals surface area contributed by atoms with E-state index >= 15 is 0 Å². The van der Waals surface area contributed by atoms with Crippen LogP contribution >= 0.6 is 0 Å². The van der Waals surface area contributed by atoms with Crippen molar-refractivity contribution in [3.8, 4) is 11.8 Å². The zero-order valence-electron chi connectivity index (χ0n) is 14.7. The Balaban J connectivity index is 1.38. The van der Waals surface area contributed by atoms with Crippen LogP contribution in [0.5, 0.6) is 5.75 Å². The van der Waals surface area contributed by atoms with Crippen LogP contribution in [0.25, 0.3) is 0 Å². The van der Waals surface area contributed by atoms with E-state index in [1.807, 2.05) is 12.1 Å². The summed E-state index contributed by atoms with van der Waals surface area (Å²) in [6, 6.07) is 9.55. The van der Waals surface area contributed by atoms with Crippen LogP contribution in [0.15, 0.2) is 24.3 Å². The van der Waals surface area contributed by atoms with Crippen LogP contribution in [0.1, 0.15) is 50.5 Å². The third kappa shape index (κ3) is 4.73. The molecule has 0 spiro atoms.